The molecule has 2 heterocycles. The third-order valence-electron chi connectivity index (χ3n) is 5.26. The van der Waals surface area contributed by atoms with Gasteiger partial charge in [0.05, 0.1) is 12.2 Å². The Kier molecular flexibility index (Phi) is 6.50. The Morgan fingerprint density at radius 2 is 1.96 bits per heavy atom. The number of hydrogen-bond donors (Lipinski definition) is 0. The van der Waals surface area contributed by atoms with Crippen LogP contribution in [0, 0.1) is 0 Å². The van der Waals surface area contributed by atoms with Crippen LogP contribution in [0.3, 0.4) is 0 Å². The molecular formula is C21H30N2O4. The highest BCUT2D eigenvalue weighted by Crippen LogP contribution is 2.21. The zero-order valence-corrected chi connectivity index (χ0v) is 16.5. The summed E-state index contributed by atoms with van der Waals surface area (Å²) in [5, 5.41) is 0. The standard InChI is InChI=1S/C21H30N2O4/c1-15-11-22(12-16(2)27-15)13-19-7-5-9-23(19)21(25)14-26-20-8-4-6-18(10-20)17(3)24/h4,6,8,10,15-16,19H,5,7,9,11-14H2,1-3H3. The second kappa shape index (κ2) is 8.85. The van der Waals surface area contributed by atoms with E-state index < -0.39 is 0 Å². The molecule has 0 saturated carbocycles. The van der Waals surface area contributed by atoms with Crippen molar-refractivity contribution in [3.05, 3.63) is 29.8 Å². The molecule has 6 nitrogen and oxygen atoms in total. The van der Waals surface area contributed by atoms with Crippen molar-refractivity contribution in [3.63, 3.8) is 0 Å². The van der Waals surface area contributed by atoms with Gasteiger partial charge in [0.1, 0.15) is 5.75 Å². The van der Waals surface area contributed by atoms with Crippen LogP contribution in [0.1, 0.15) is 44.0 Å². The van der Waals surface area contributed by atoms with Crippen LogP contribution in [-0.2, 0) is 9.53 Å². The monoisotopic (exact) mass is 374 g/mol. The van der Waals surface area contributed by atoms with Crippen LogP contribution < -0.4 is 4.74 Å². The van der Waals surface area contributed by atoms with Crippen LogP contribution in [0.2, 0.25) is 0 Å². The average Bonchev–Trinajstić information content (AvgIpc) is 3.07. The van der Waals surface area contributed by atoms with Gasteiger partial charge in [-0.15, -0.1) is 0 Å². The lowest BCUT2D eigenvalue weighted by atomic mass is 10.1. The minimum absolute atomic E-state index is 0.00771. The summed E-state index contributed by atoms with van der Waals surface area (Å²) in [5.41, 5.74) is 0.592. The van der Waals surface area contributed by atoms with Gasteiger partial charge in [0.2, 0.25) is 0 Å². The van der Waals surface area contributed by atoms with Crippen LogP contribution >= 0.6 is 0 Å². The number of ether oxygens (including phenoxy) is 2. The van der Waals surface area contributed by atoms with E-state index in [1.165, 1.54) is 6.92 Å². The highest BCUT2D eigenvalue weighted by molar-refractivity contribution is 5.94. The number of Topliss-reactive ketones (excluding diaryl/α,β-unsaturated/α-hetero) is 1. The van der Waals surface area contributed by atoms with Crippen molar-refractivity contribution >= 4 is 11.7 Å². The molecular weight excluding hydrogens is 344 g/mol. The van der Waals surface area contributed by atoms with Crippen molar-refractivity contribution in [2.45, 2.75) is 51.9 Å². The zero-order chi connectivity index (χ0) is 19.4. The molecule has 3 unspecified atom stereocenters. The first kappa shape index (κ1) is 19.8. The number of likely N-dealkylation sites (tertiary alicyclic amines) is 1. The van der Waals surface area contributed by atoms with E-state index in [2.05, 4.69) is 18.7 Å². The Labute approximate surface area is 161 Å². The van der Waals surface area contributed by atoms with Crippen molar-refractivity contribution in [1.82, 2.24) is 9.80 Å². The second-order valence-electron chi connectivity index (χ2n) is 7.73. The number of hydrogen-bond acceptors (Lipinski definition) is 5. The predicted octanol–water partition coefficient (Wildman–Crippen LogP) is 2.37. The molecule has 0 bridgehead atoms. The van der Waals surface area contributed by atoms with E-state index >= 15 is 0 Å². The van der Waals surface area contributed by atoms with E-state index in [1.54, 1.807) is 24.3 Å². The van der Waals surface area contributed by atoms with Crippen LogP contribution in [0.25, 0.3) is 0 Å². The van der Waals surface area contributed by atoms with Gasteiger partial charge >= 0.3 is 0 Å². The molecule has 1 aromatic rings. The normalized spacial score (nSPS) is 26.2. The maximum Gasteiger partial charge on any atom is 0.260 e. The number of morpholine rings is 1. The first-order valence-corrected chi connectivity index (χ1v) is 9.83. The van der Waals surface area contributed by atoms with Crippen molar-refractivity contribution in [2.24, 2.45) is 0 Å². The lowest BCUT2D eigenvalue weighted by Gasteiger charge is -2.38. The summed E-state index contributed by atoms with van der Waals surface area (Å²) in [4.78, 5) is 28.6. The van der Waals surface area contributed by atoms with E-state index in [0.29, 0.717) is 11.3 Å². The number of amides is 1. The Morgan fingerprint density at radius 3 is 2.67 bits per heavy atom. The number of carbonyl (C=O) groups excluding carboxylic acids is 2. The number of benzene rings is 1. The number of nitrogens with zero attached hydrogens (tertiary/aromatic N) is 2. The predicted molar refractivity (Wildman–Crippen MR) is 103 cm³/mol. The highest BCUT2D eigenvalue weighted by atomic mass is 16.5. The van der Waals surface area contributed by atoms with Gasteiger partial charge in [-0.3, -0.25) is 14.5 Å². The molecule has 2 aliphatic heterocycles. The summed E-state index contributed by atoms with van der Waals surface area (Å²) in [6.07, 6.45) is 2.53. The number of carbonyl (C=O) groups is 2. The van der Waals surface area contributed by atoms with Crippen molar-refractivity contribution < 1.29 is 19.1 Å². The summed E-state index contributed by atoms with van der Waals surface area (Å²) >= 11 is 0. The van der Waals surface area contributed by atoms with Crippen LogP contribution in [0.4, 0.5) is 0 Å². The number of rotatable bonds is 6. The van der Waals surface area contributed by atoms with Gasteiger partial charge in [0.25, 0.3) is 5.91 Å². The maximum atomic E-state index is 12.7. The molecule has 1 amide bonds. The summed E-state index contributed by atoms with van der Waals surface area (Å²) in [7, 11) is 0. The third kappa shape index (κ3) is 5.30. The summed E-state index contributed by atoms with van der Waals surface area (Å²) in [6, 6.07) is 7.22. The number of ketones is 1. The fourth-order valence-corrected chi connectivity index (χ4v) is 4.12. The largest absolute Gasteiger partial charge is 0.484 e. The maximum absolute atomic E-state index is 12.7. The molecule has 2 fully saturated rings. The van der Waals surface area contributed by atoms with Crippen molar-refractivity contribution in [2.75, 3.05) is 32.8 Å². The summed E-state index contributed by atoms with van der Waals surface area (Å²) in [6.45, 7) is 9.24. The van der Waals surface area contributed by atoms with Crippen LogP contribution in [0.5, 0.6) is 5.75 Å². The molecule has 6 heteroatoms. The lowest BCUT2D eigenvalue weighted by Crippen LogP contribution is -2.51. The Morgan fingerprint density at radius 1 is 1.22 bits per heavy atom. The molecule has 1 aromatic carbocycles. The molecule has 0 aliphatic carbocycles. The van der Waals surface area contributed by atoms with Gasteiger partial charge < -0.3 is 14.4 Å². The van der Waals surface area contributed by atoms with E-state index in [9.17, 15) is 9.59 Å². The molecule has 0 aromatic heterocycles. The van der Waals surface area contributed by atoms with Crippen molar-refractivity contribution in [1.29, 1.82) is 0 Å². The average molecular weight is 374 g/mol. The van der Waals surface area contributed by atoms with Gasteiger partial charge in [-0.25, -0.2) is 0 Å². The smallest absolute Gasteiger partial charge is 0.260 e. The SMILES string of the molecule is CC(=O)c1cccc(OCC(=O)N2CCCC2CN2CC(C)OC(C)C2)c1. The fourth-order valence-electron chi connectivity index (χ4n) is 4.12. The minimum Gasteiger partial charge on any atom is -0.484 e. The molecule has 148 valence electrons. The summed E-state index contributed by atoms with van der Waals surface area (Å²) in [5.74, 6) is 0.558. The molecule has 3 atom stereocenters. The molecule has 2 aliphatic rings. The first-order valence-electron chi connectivity index (χ1n) is 9.83. The van der Waals surface area contributed by atoms with Crippen molar-refractivity contribution in [3.8, 4) is 5.75 Å². The molecule has 27 heavy (non-hydrogen) atoms. The molecule has 3 rings (SSSR count). The fraction of sp³-hybridized carbons (Fsp3) is 0.619. The van der Waals surface area contributed by atoms with Gasteiger partial charge in [0.15, 0.2) is 12.4 Å². The van der Waals surface area contributed by atoms with Gasteiger partial charge in [0, 0.05) is 37.8 Å². The lowest BCUT2D eigenvalue weighted by molar-refractivity contribution is -0.135. The topological polar surface area (TPSA) is 59.1 Å². The van der Waals surface area contributed by atoms with E-state index in [1.807, 2.05) is 4.90 Å². The quantitative estimate of drug-likeness (QED) is 0.716. The summed E-state index contributed by atoms with van der Waals surface area (Å²) < 4.78 is 11.5. The zero-order valence-electron chi connectivity index (χ0n) is 16.5. The van der Waals surface area contributed by atoms with Crippen LogP contribution in [0.15, 0.2) is 24.3 Å². The van der Waals surface area contributed by atoms with E-state index in [0.717, 1.165) is 39.0 Å². The third-order valence-corrected chi connectivity index (χ3v) is 5.26. The van der Waals surface area contributed by atoms with E-state index in [-0.39, 0.29) is 36.5 Å². The second-order valence-corrected chi connectivity index (χ2v) is 7.73. The highest BCUT2D eigenvalue weighted by Gasteiger charge is 2.32. The molecule has 0 radical (unpaired) electrons. The molecule has 0 spiro atoms. The Hall–Kier alpha value is -1.92. The van der Waals surface area contributed by atoms with Gasteiger partial charge in [-0.05, 0) is 45.7 Å². The van der Waals surface area contributed by atoms with E-state index in [4.69, 9.17) is 9.47 Å². The van der Waals surface area contributed by atoms with Gasteiger partial charge in [-0.2, -0.15) is 0 Å². The molecule has 0 N–H and O–H groups in total. The molecule has 2 saturated heterocycles. The van der Waals surface area contributed by atoms with Gasteiger partial charge in [-0.1, -0.05) is 12.1 Å². The Bertz CT molecular complexity index is 668. The Balaban J connectivity index is 1.54. The van der Waals surface area contributed by atoms with Crippen LogP contribution in [-0.4, -0.2) is 72.5 Å². The first-order chi connectivity index (χ1) is 12.9. The minimum atomic E-state index is -0.0136.